The number of hydrogen-bond donors (Lipinski definition) is 3. The number of aryl methyl sites for hydroxylation is 1. The molecule has 6 nitrogen and oxygen atoms in total. The molecule has 2 unspecified atom stereocenters. The third-order valence-electron chi connectivity index (χ3n) is 3.82. The van der Waals surface area contributed by atoms with E-state index < -0.39 is 0 Å². The van der Waals surface area contributed by atoms with Gasteiger partial charge in [-0.1, -0.05) is 6.42 Å². The molecule has 0 radical (unpaired) electrons. The first kappa shape index (κ1) is 18.2. The Morgan fingerprint density at radius 2 is 2.29 bits per heavy atom. The maximum absolute atomic E-state index is 9.84. The molecule has 0 aliphatic heterocycles. The van der Waals surface area contributed by atoms with Crippen molar-refractivity contribution < 1.29 is 5.11 Å². The molecule has 3 N–H and O–H groups in total. The Morgan fingerprint density at radius 1 is 1.48 bits per heavy atom. The van der Waals surface area contributed by atoms with E-state index >= 15 is 0 Å². The lowest BCUT2D eigenvalue weighted by Gasteiger charge is -2.17. The van der Waals surface area contributed by atoms with Crippen molar-refractivity contribution in [1.29, 1.82) is 0 Å². The molecule has 21 heavy (non-hydrogen) atoms. The fourth-order valence-electron chi connectivity index (χ4n) is 2.54. The predicted molar refractivity (Wildman–Crippen MR) is 94.8 cm³/mol. The molecule has 0 bridgehead atoms. The minimum absolute atomic E-state index is 0. The summed E-state index contributed by atoms with van der Waals surface area (Å²) >= 11 is 0. The van der Waals surface area contributed by atoms with E-state index in [1.165, 1.54) is 0 Å². The van der Waals surface area contributed by atoms with Crippen LogP contribution in [-0.4, -0.2) is 40.0 Å². The summed E-state index contributed by atoms with van der Waals surface area (Å²) in [7, 11) is 1.92. The lowest BCUT2D eigenvalue weighted by molar-refractivity contribution is 0.134. The van der Waals surface area contributed by atoms with Gasteiger partial charge in [-0.25, -0.2) is 4.99 Å². The Labute approximate surface area is 143 Å². The summed E-state index contributed by atoms with van der Waals surface area (Å²) in [5, 5.41) is 20.5. The number of nitrogens with zero attached hydrogens (tertiary/aromatic N) is 3. The van der Waals surface area contributed by atoms with Crippen molar-refractivity contribution in [1.82, 2.24) is 20.4 Å². The molecule has 7 heteroatoms. The maximum atomic E-state index is 9.84. The first-order valence-electron chi connectivity index (χ1n) is 7.37. The molecule has 1 aliphatic carbocycles. The van der Waals surface area contributed by atoms with E-state index in [1.807, 2.05) is 24.7 Å². The van der Waals surface area contributed by atoms with Crippen LogP contribution in [0.4, 0.5) is 0 Å². The quantitative estimate of drug-likeness (QED) is 0.390. The lowest BCUT2D eigenvalue weighted by atomic mass is 10.1. The summed E-state index contributed by atoms with van der Waals surface area (Å²) in [5.41, 5.74) is 1.07. The molecule has 1 aliphatic rings. The molecular weight excluding hydrogens is 381 g/mol. The zero-order valence-corrected chi connectivity index (χ0v) is 15.1. The number of aliphatic imine (C=N–C) groups is 1. The molecule has 1 heterocycles. The van der Waals surface area contributed by atoms with E-state index in [0.29, 0.717) is 12.5 Å². The van der Waals surface area contributed by atoms with Crippen molar-refractivity contribution >= 4 is 29.9 Å². The first-order chi connectivity index (χ1) is 9.70. The van der Waals surface area contributed by atoms with E-state index in [0.717, 1.165) is 44.0 Å². The number of halogens is 1. The van der Waals surface area contributed by atoms with Crippen LogP contribution in [0.15, 0.2) is 17.3 Å². The van der Waals surface area contributed by atoms with Crippen molar-refractivity contribution in [2.75, 3.05) is 13.1 Å². The molecule has 0 saturated heterocycles. The number of rotatable bonds is 5. The molecule has 0 amide bonds. The van der Waals surface area contributed by atoms with Crippen LogP contribution in [0.2, 0.25) is 0 Å². The van der Waals surface area contributed by atoms with Gasteiger partial charge < -0.3 is 15.7 Å². The largest absolute Gasteiger partial charge is 0.393 e. The predicted octanol–water partition coefficient (Wildman–Crippen LogP) is 1.25. The van der Waals surface area contributed by atoms with Gasteiger partial charge in [0, 0.05) is 32.3 Å². The van der Waals surface area contributed by atoms with Crippen LogP contribution in [0.5, 0.6) is 0 Å². The van der Waals surface area contributed by atoms with Crippen molar-refractivity contribution in [2.45, 2.75) is 38.8 Å². The summed E-state index contributed by atoms with van der Waals surface area (Å²) < 4.78 is 1.83. The second kappa shape index (κ2) is 9.24. The summed E-state index contributed by atoms with van der Waals surface area (Å²) in [4.78, 5) is 4.55. The van der Waals surface area contributed by atoms with Gasteiger partial charge in [-0.3, -0.25) is 4.68 Å². The minimum atomic E-state index is -0.164. The van der Waals surface area contributed by atoms with Crippen LogP contribution in [0.1, 0.15) is 31.9 Å². The van der Waals surface area contributed by atoms with Gasteiger partial charge in [0.05, 0.1) is 18.3 Å². The molecule has 120 valence electrons. The number of guanidine groups is 1. The Kier molecular flexibility index (Phi) is 8.02. The van der Waals surface area contributed by atoms with Crippen molar-refractivity contribution in [2.24, 2.45) is 18.0 Å². The van der Waals surface area contributed by atoms with Crippen LogP contribution in [-0.2, 0) is 13.6 Å². The summed E-state index contributed by atoms with van der Waals surface area (Å²) in [6.07, 6.45) is 4.75. The van der Waals surface area contributed by atoms with E-state index in [4.69, 9.17) is 0 Å². The van der Waals surface area contributed by atoms with Gasteiger partial charge in [-0.2, -0.15) is 5.10 Å². The lowest BCUT2D eigenvalue weighted by Crippen LogP contribution is -2.41. The van der Waals surface area contributed by atoms with Crippen LogP contribution in [0.3, 0.4) is 0 Å². The standard InChI is InChI=1S/C14H25N5O.HI/c1-3-15-14(16-9-11-5-4-6-13(11)20)17-10-12-7-8-18-19(12)2;/h7-8,11,13,20H,3-6,9-10H2,1-2H3,(H2,15,16,17);1H. The van der Waals surface area contributed by atoms with E-state index in [9.17, 15) is 5.11 Å². The Bertz CT molecular complexity index is 448. The highest BCUT2D eigenvalue weighted by Crippen LogP contribution is 2.24. The Morgan fingerprint density at radius 3 is 2.86 bits per heavy atom. The fraction of sp³-hybridized carbons (Fsp3) is 0.714. The highest BCUT2D eigenvalue weighted by atomic mass is 127. The number of nitrogens with one attached hydrogen (secondary N) is 2. The smallest absolute Gasteiger partial charge is 0.191 e. The van der Waals surface area contributed by atoms with E-state index in [2.05, 4.69) is 20.7 Å². The van der Waals surface area contributed by atoms with Crippen LogP contribution in [0.25, 0.3) is 0 Å². The average molecular weight is 407 g/mol. The van der Waals surface area contributed by atoms with Crippen LogP contribution >= 0.6 is 24.0 Å². The SMILES string of the molecule is CCNC(=NCc1ccnn1C)NCC1CCCC1O.I. The molecule has 2 atom stereocenters. The van der Waals surface area contributed by atoms with Crippen molar-refractivity contribution in [3.63, 3.8) is 0 Å². The number of aliphatic hydroxyl groups is 1. The second-order valence-electron chi connectivity index (χ2n) is 5.28. The zero-order chi connectivity index (χ0) is 14.4. The highest BCUT2D eigenvalue weighted by Gasteiger charge is 2.24. The fourth-order valence-corrected chi connectivity index (χ4v) is 2.54. The molecule has 0 aromatic carbocycles. The third kappa shape index (κ3) is 5.46. The van der Waals surface area contributed by atoms with E-state index in [-0.39, 0.29) is 30.1 Å². The maximum Gasteiger partial charge on any atom is 0.191 e. The monoisotopic (exact) mass is 407 g/mol. The van der Waals surface area contributed by atoms with Gasteiger partial charge in [0.15, 0.2) is 5.96 Å². The number of aromatic nitrogens is 2. The molecule has 1 aromatic heterocycles. The molecule has 1 aromatic rings. The van der Waals surface area contributed by atoms with Gasteiger partial charge >= 0.3 is 0 Å². The summed E-state index contributed by atoms with van der Waals surface area (Å²) in [6.45, 7) is 4.24. The first-order valence-corrected chi connectivity index (χ1v) is 7.37. The molecule has 1 saturated carbocycles. The number of aliphatic hydroxyl groups excluding tert-OH is 1. The number of hydrogen-bond acceptors (Lipinski definition) is 3. The highest BCUT2D eigenvalue weighted by molar-refractivity contribution is 14.0. The van der Waals surface area contributed by atoms with Crippen molar-refractivity contribution in [3.8, 4) is 0 Å². The third-order valence-corrected chi connectivity index (χ3v) is 3.82. The Hall–Kier alpha value is -0.830. The average Bonchev–Trinajstić information content (AvgIpc) is 3.02. The van der Waals surface area contributed by atoms with Gasteiger partial charge in [0.25, 0.3) is 0 Å². The normalized spacial score (nSPS) is 22.0. The molecule has 0 spiro atoms. The zero-order valence-electron chi connectivity index (χ0n) is 12.7. The Balaban J connectivity index is 0.00000220. The molecular formula is C14H26IN5O. The van der Waals surface area contributed by atoms with Crippen LogP contribution < -0.4 is 10.6 Å². The van der Waals surface area contributed by atoms with Gasteiger partial charge in [0.1, 0.15) is 0 Å². The van der Waals surface area contributed by atoms with Gasteiger partial charge in [0.2, 0.25) is 0 Å². The van der Waals surface area contributed by atoms with Gasteiger partial charge in [-0.05, 0) is 25.8 Å². The summed E-state index contributed by atoms with van der Waals surface area (Å²) in [6, 6.07) is 1.97. The summed E-state index contributed by atoms with van der Waals surface area (Å²) in [5.74, 6) is 1.14. The van der Waals surface area contributed by atoms with Crippen LogP contribution in [0, 0.1) is 5.92 Å². The van der Waals surface area contributed by atoms with E-state index in [1.54, 1.807) is 6.20 Å². The van der Waals surface area contributed by atoms with Crippen molar-refractivity contribution in [3.05, 3.63) is 18.0 Å². The van der Waals surface area contributed by atoms with Gasteiger partial charge in [-0.15, -0.1) is 24.0 Å². The second-order valence-corrected chi connectivity index (χ2v) is 5.28. The minimum Gasteiger partial charge on any atom is -0.393 e. The molecule has 2 rings (SSSR count). The molecule has 1 fully saturated rings. The topological polar surface area (TPSA) is 74.5 Å².